The van der Waals surface area contributed by atoms with Crippen molar-refractivity contribution < 1.29 is 4.79 Å². The lowest BCUT2D eigenvalue weighted by Crippen LogP contribution is -2.09. The van der Waals surface area contributed by atoms with Crippen LogP contribution in [0.25, 0.3) is 6.08 Å². The van der Waals surface area contributed by atoms with Gasteiger partial charge in [0.15, 0.2) is 0 Å². The van der Waals surface area contributed by atoms with Crippen molar-refractivity contribution in [1.82, 2.24) is 4.98 Å². The number of hydrogen-bond acceptors (Lipinski definition) is 5. The zero-order valence-electron chi connectivity index (χ0n) is 15.8. The van der Waals surface area contributed by atoms with Gasteiger partial charge in [0.1, 0.15) is 5.82 Å². The van der Waals surface area contributed by atoms with Crippen LogP contribution in [0.1, 0.15) is 12.5 Å². The minimum atomic E-state index is -0.259. The Morgan fingerprint density at radius 1 is 1.14 bits per heavy atom. The van der Waals surface area contributed by atoms with Crippen LogP contribution in [-0.4, -0.2) is 17.4 Å². The lowest BCUT2D eigenvalue weighted by molar-refractivity contribution is -0.111. The molecule has 0 saturated carbocycles. The molecule has 1 aromatic heterocycles. The lowest BCUT2D eigenvalue weighted by Gasteiger charge is -2.06. The molecule has 0 bridgehead atoms. The molecule has 1 amide bonds. The normalized spacial score (nSPS) is 12.1. The summed E-state index contributed by atoms with van der Waals surface area (Å²) in [6.07, 6.45) is 14.1. The fraction of sp³-hybridized carbons (Fsp3) is 0.0909. The molecular weight excluding hydrogens is 350 g/mol. The number of allylic oxidation sites excluding steroid dienone is 3. The number of nitrogens with two attached hydrogens (primary N) is 2. The van der Waals surface area contributed by atoms with Crippen molar-refractivity contribution in [1.29, 1.82) is 0 Å². The Bertz CT molecular complexity index is 895. The molecule has 6 heteroatoms. The maximum absolute atomic E-state index is 12.0. The monoisotopic (exact) mass is 375 g/mol. The summed E-state index contributed by atoms with van der Waals surface area (Å²) in [6, 6.07) is 10.8. The first-order valence-electron chi connectivity index (χ1n) is 8.86. The number of aromatic nitrogens is 1. The van der Waals surface area contributed by atoms with Crippen molar-refractivity contribution in [2.45, 2.75) is 6.92 Å². The van der Waals surface area contributed by atoms with E-state index < -0.39 is 0 Å². The molecule has 1 aromatic carbocycles. The van der Waals surface area contributed by atoms with Crippen molar-refractivity contribution >= 4 is 29.2 Å². The molecule has 0 aliphatic heterocycles. The third kappa shape index (κ3) is 6.84. The second-order valence-electron chi connectivity index (χ2n) is 5.87. The molecule has 0 fully saturated rings. The molecule has 0 atom stereocenters. The Labute approximate surface area is 165 Å². The van der Waals surface area contributed by atoms with Crippen LogP contribution in [0.2, 0.25) is 0 Å². The minimum Gasteiger partial charge on any atom is -0.404 e. The van der Waals surface area contributed by atoms with Crippen LogP contribution in [0.15, 0.2) is 84.7 Å². The van der Waals surface area contributed by atoms with Gasteiger partial charge < -0.3 is 22.1 Å². The predicted octanol–water partition coefficient (Wildman–Crippen LogP) is 3.70. The quantitative estimate of drug-likeness (QED) is 0.320. The Morgan fingerprint density at radius 3 is 2.64 bits per heavy atom. The van der Waals surface area contributed by atoms with Crippen LogP contribution in [0.5, 0.6) is 0 Å². The van der Waals surface area contributed by atoms with E-state index in [0.717, 1.165) is 17.0 Å². The van der Waals surface area contributed by atoms with E-state index in [4.69, 9.17) is 11.5 Å². The number of nitrogen functional groups attached to an aromatic ring is 1. The highest BCUT2D eigenvalue weighted by molar-refractivity contribution is 6.03. The summed E-state index contributed by atoms with van der Waals surface area (Å²) >= 11 is 0. The number of benzene rings is 1. The van der Waals surface area contributed by atoms with Gasteiger partial charge in [0.2, 0.25) is 5.91 Å². The molecular formula is C22H25N5O. The topological polar surface area (TPSA) is 106 Å². The van der Waals surface area contributed by atoms with Gasteiger partial charge in [-0.15, -0.1) is 0 Å². The van der Waals surface area contributed by atoms with Crippen LogP contribution in [0, 0.1) is 0 Å². The molecule has 0 spiro atoms. The van der Waals surface area contributed by atoms with Crippen LogP contribution in [0.4, 0.5) is 17.2 Å². The van der Waals surface area contributed by atoms with Gasteiger partial charge in [-0.2, -0.15) is 0 Å². The fourth-order valence-electron chi connectivity index (χ4n) is 2.22. The molecule has 6 N–H and O–H groups in total. The first kappa shape index (κ1) is 20.5. The van der Waals surface area contributed by atoms with Crippen molar-refractivity contribution in [2.75, 3.05) is 22.9 Å². The molecule has 2 aromatic rings. The van der Waals surface area contributed by atoms with Crippen LogP contribution < -0.4 is 22.1 Å². The Kier molecular flexibility index (Phi) is 8.08. The second kappa shape index (κ2) is 11.0. The average molecular weight is 375 g/mol. The van der Waals surface area contributed by atoms with Gasteiger partial charge in [0.05, 0.1) is 11.4 Å². The molecule has 144 valence electrons. The molecule has 0 aliphatic carbocycles. The largest absolute Gasteiger partial charge is 0.404 e. The number of para-hydroxylation sites is 2. The number of hydrogen-bond donors (Lipinski definition) is 4. The molecule has 0 radical (unpaired) electrons. The third-order valence-electron chi connectivity index (χ3n) is 3.73. The Hall–Kier alpha value is -3.80. The summed E-state index contributed by atoms with van der Waals surface area (Å²) in [5.41, 5.74) is 14.3. The molecule has 28 heavy (non-hydrogen) atoms. The van der Waals surface area contributed by atoms with Gasteiger partial charge in [-0.05, 0) is 54.6 Å². The predicted molar refractivity (Wildman–Crippen MR) is 117 cm³/mol. The summed E-state index contributed by atoms with van der Waals surface area (Å²) in [7, 11) is 0. The van der Waals surface area contributed by atoms with Gasteiger partial charge in [-0.1, -0.05) is 36.4 Å². The number of nitrogens with one attached hydrogen (secondary N) is 2. The average Bonchev–Trinajstić information content (AvgIpc) is 2.71. The number of carbonyl (C=O) groups is 1. The van der Waals surface area contributed by atoms with E-state index in [-0.39, 0.29) is 5.91 Å². The second-order valence-corrected chi connectivity index (χ2v) is 5.87. The molecule has 0 saturated heterocycles. The van der Waals surface area contributed by atoms with E-state index in [9.17, 15) is 4.79 Å². The van der Waals surface area contributed by atoms with Crippen LogP contribution in [0.3, 0.4) is 0 Å². The fourth-order valence-corrected chi connectivity index (χ4v) is 2.22. The first-order valence-corrected chi connectivity index (χ1v) is 8.86. The van der Waals surface area contributed by atoms with Gasteiger partial charge in [-0.3, -0.25) is 4.79 Å². The first-order chi connectivity index (χ1) is 13.6. The number of pyridine rings is 1. The summed E-state index contributed by atoms with van der Waals surface area (Å²) in [5.74, 6) is 0.461. The highest BCUT2D eigenvalue weighted by Crippen LogP contribution is 2.16. The number of nitrogens with zero attached hydrogens (tertiary/aromatic N) is 1. The van der Waals surface area contributed by atoms with Gasteiger partial charge in [0, 0.05) is 18.8 Å². The van der Waals surface area contributed by atoms with Gasteiger partial charge in [-0.25, -0.2) is 4.98 Å². The summed E-state index contributed by atoms with van der Waals surface area (Å²) in [6.45, 7) is 2.52. The molecule has 0 aliphatic rings. The van der Waals surface area contributed by atoms with E-state index in [1.807, 2.05) is 55.5 Å². The Balaban J connectivity index is 1.89. The van der Waals surface area contributed by atoms with Crippen molar-refractivity contribution in [3.05, 3.63) is 90.3 Å². The number of rotatable bonds is 8. The van der Waals surface area contributed by atoms with Crippen molar-refractivity contribution in [3.8, 4) is 0 Å². The molecule has 1 heterocycles. The zero-order valence-corrected chi connectivity index (χ0v) is 15.8. The number of amides is 1. The molecule has 0 unspecified atom stereocenters. The smallest absolute Gasteiger partial charge is 0.248 e. The van der Waals surface area contributed by atoms with E-state index in [1.165, 1.54) is 6.08 Å². The highest BCUT2D eigenvalue weighted by atomic mass is 16.1. The Morgan fingerprint density at radius 2 is 1.96 bits per heavy atom. The lowest BCUT2D eigenvalue weighted by atomic mass is 10.2. The van der Waals surface area contributed by atoms with Crippen LogP contribution in [-0.2, 0) is 4.79 Å². The van der Waals surface area contributed by atoms with E-state index >= 15 is 0 Å². The van der Waals surface area contributed by atoms with Crippen molar-refractivity contribution in [2.24, 2.45) is 5.73 Å². The van der Waals surface area contributed by atoms with E-state index in [2.05, 4.69) is 15.6 Å². The highest BCUT2D eigenvalue weighted by Gasteiger charge is 2.01. The minimum absolute atomic E-state index is 0.259. The summed E-state index contributed by atoms with van der Waals surface area (Å²) in [5, 5.41) is 5.94. The van der Waals surface area contributed by atoms with E-state index in [1.54, 1.807) is 30.6 Å². The molecule has 6 nitrogen and oxygen atoms in total. The van der Waals surface area contributed by atoms with Crippen LogP contribution >= 0.6 is 0 Å². The third-order valence-corrected chi connectivity index (χ3v) is 3.73. The van der Waals surface area contributed by atoms with Gasteiger partial charge >= 0.3 is 0 Å². The zero-order chi connectivity index (χ0) is 20.2. The maximum Gasteiger partial charge on any atom is 0.248 e. The summed E-state index contributed by atoms with van der Waals surface area (Å²) < 4.78 is 0. The number of carbonyl (C=O) groups excluding carboxylic acids is 1. The number of anilines is 3. The SMILES string of the molecule is C/C=C/C=C\C(=C/N)CNc1ccc(/C=C/C(=O)Nc2ccccc2N)cn1. The standard InChI is InChI=1S/C22H25N5O/c1-2-3-4-7-18(14-23)16-26-21-12-10-17(15-25-21)11-13-22(28)27-20-9-6-5-8-19(20)24/h2-15H,16,23-24H2,1H3,(H,25,26)(H,27,28)/b3-2+,7-4-,13-11+,18-14+. The maximum atomic E-state index is 12.0. The summed E-state index contributed by atoms with van der Waals surface area (Å²) in [4.78, 5) is 16.3. The molecule has 2 rings (SSSR count). The van der Waals surface area contributed by atoms with Crippen molar-refractivity contribution in [3.63, 3.8) is 0 Å². The van der Waals surface area contributed by atoms with Gasteiger partial charge in [0.25, 0.3) is 0 Å². The van der Waals surface area contributed by atoms with E-state index in [0.29, 0.717) is 17.9 Å².